The zero-order valence-corrected chi connectivity index (χ0v) is 12.7. The van der Waals surface area contributed by atoms with Gasteiger partial charge in [-0.25, -0.2) is 9.97 Å². The van der Waals surface area contributed by atoms with E-state index in [1.165, 1.54) is 25.7 Å². The molecule has 2 aliphatic rings. The van der Waals surface area contributed by atoms with Gasteiger partial charge in [-0.2, -0.15) is 0 Å². The van der Waals surface area contributed by atoms with Crippen LogP contribution < -0.4 is 5.32 Å². The van der Waals surface area contributed by atoms with E-state index in [2.05, 4.69) is 22.2 Å². The van der Waals surface area contributed by atoms with Gasteiger partial charge < -0.3 is 5.32 Å². The summed E-state index contributed by atoms with van der Waals surface area (Å²) in [7, 11) is 0. The molecule has 0 spiro atoms. The highest BCUT2D eigenvalue weighted by Gasteiger charge is 2.41. The summed E-state index contributed by atoms with van der Waals surface area (Å²) in [4.78, 5) is 8.88. The molecule has 2 aliphatic carbocycles. The molecule has 4 unspecified atom stereocenters. The molecule has 2 saturated carbocycles. The minimum atomic E-state index is 0.434. The standard InChI is InChI=1S/C15H22ClN3/c1-8-9(2)18-15(14(16)17-8)19-10(3)13-7-11-4-5-12(13)6-11/h10-13H,4-7H2,1-3H3,(H,18,19). The largest absolute Gasteiger partial charge is 0.365 e. The lowest BCUT2D eigenvalue weighted by Crippen LogP contribution is -2.30. The highest BCUT2D eigenvalue weighted by Crippen LogP contribution is 2.49. The molecule has 0 aliphatic heterocycles. The van der Waals surface area contributed by atoms with Crippen molar-refractivity contribution in [3.05, 3.63) is 16.5 Å². The predicted molar refractivity (Wildman–Crippen MR) is 78.5 cm³/mol. The summed E-state index contributed by atoms with van der Waals surface area (Å²) < 4.78 is 0. The maximum Gasteiger partial charge on any atom is 0.171 e. The van der Waals surface area contributed by atoms with Gasteiger partial charge in [-0.1, -0.05) is 18.0 Å². The van der Waals surface area contributed by atoms with Gasteiger partial charge in [-0.15, -0.1) is 0 Å². The Balaban J connectivity index is 1.73. The molecule has 3 nitrogen and oxygen atoms in total. The fraction of sp³-hybridized carbons (Fsp3) is 0.733. The molecule has 1 N–H and O–H groups in total. The van der Waals surface area contributed by atoms with Gasteiger partial charge in [0.2, 0.25) is 0 Å². The fourth-order valence-electron chi connectivity index (χ4n) is 3.90. The average Bonchev–Trinajstić information content (AvgIpc) is 2.98. The molecule has 19 heavy (non-hydrogen) atoms. The molecule has 1 heterocycles. The van der Waals surface area contributed by atoms with Crippen molar-refractivity contribution in [3.8, 4) is 0 Å². The minimum absolute atomic E-state index is 0.434. The summed E-state index contributed by atoms with van der Waals surface area (Å²) in [5, 5.41) is 4.00. The Morgan fingerprint density at radius 2 is 1.89 bits per heavy atom. The third-order valence-electron chi connectivity index (χ3n) is 5.06. The summed E-state index contributed by atoms with van der Waals surface area (Å²) in [5.41, 5.74) is 1.86. The first-order valence-electron chi connectivity index (χ1n) is 7.32. The van der Waals surface area contributed by atoms with Gasteiger partial charge >= 0.3 is 0 Å². The van der Waals surface area contributed by atoms with E-state index in [0.717, 1.165) is 35.0 Å². The van der Waals surface area contributed by atoms with E-state index in [-0.39, 0.29) is 0 Å². The van der Waals surface area contributed by atoms with Gasteiger partial charge in [-0.3, -0.25) is 0 Å². The third-order valence-corrected chi connectivity index (χ3v) is 5.33. The molecule has 1 aromatic heterocycles. The third kappa shape index (κ3) is 2.45. The molecule has 0 radical (unpaired) electrons. The van der Waals surface area contributed by atoms with Crippen molar-refractivity contribution in [2.75, 3.05) is 5.32 Å². The quantitative estimate of drug-likeness (QED) is 0.909. The maximum atomic E-state index is 6.20. The molecule has 0 saturated heterocycles. The van der Waals surface area contributed by atoms with Crippen molar-refractivity contribution in [3.63, 3.8) is 0 Å². The number of rotatable bonds is 3. The molecule has 4 atom stereocenters. The van der Waals surface area contributed by atoms with Gasteiger partial charge in [0, 0.05) is 6.04 Å². The van der Waals surface area contributed by atoms with Crippen LogP contribution in [0.5, 0.6) is 0 Å². The monoisotopic (exact) mass is 279 g/mol. The molecular formula is C15H22ClN3. The predicted octanol–water partition coefficient (Wildman–Crippen LogP) is 3.98. The van der Waals surface area contributed by atoms with E-state index in [0.29, 0.717) is 11.2 Å². The summed E-state index contributed by atoms with van der Waals surface area (Å²) in [5.74, 6) is 3.41. The second-order valence-electron chi connectivity index (χ2n) is 6.31. The number of halogens is 1. The van der Waals surface area contributed by atoms with Crippen LogP contribution in [-0.2, 0) is 0 Å². The minimum Gasteiger partial charge on any atom is -0.365 e. The van der Waals surface area contributed by atoms with E-state index in [1.54, 1.807) is 0 Å². The Morgan fingerprint density at radius 1 is 1.16 bits per heavy atom. The van der Waals surface area contributed by atoms with E-state index in [4.69, 9.17) is 11.6 Å². The van der Waals surface area contributed by atoms with Crippen molar-refractivity contribution in [1.29, 1.82) is 0 Å². The van der Waals surface area contributed by atoms with E-state index in [1.807, 2.05) is 13.8 Å². The number of nitrogens with zero attached hydrogens (tertiary/aromatic N) is 2. The van der Waals surface area contributed by atoms with Crippen molar-refractivity contribution in [1.82, 2.24) is 9.97 Å². The van der Waals surface area contributed by atoms with Crippen LogP contribution in [-0.4, -0.2) is 16.0 Å². The molecule has 0 aromatic carbocycles. The second-order valence-corrected chi connectivity index (χ2v) is 6.66. The highest BCUT2D eigenvalue weighted by molar-refractivity contribution is 6.31. The van der Waals surface area contributed by atoms with Crippen LogP contribution in [0.4, 0.5) is 5.82 Å². The van der Waals surface area contributed by atoms with Crippen molar-refractivity contribution in [2.24, 2.45) is 17.8 Å². The van der Waals surface area contributed by atoms with E-state index >= 15 is 0 Å². The van der Waals surface area contributed by atoms with Crippen LogP contribution >= 0.6 is 11.6 Å². The SMILES string of the molecule is Cc1nc(Cl)c(NC(C)C2CC3CCC2C3)nc1C. The van der Waals surface area contributed by atoms with Crippen LogP contribution in [0.25, 0.3) is 0 Å². The Morgan fingerprint density at radius 3 is 2.53 bits per heavy atom. The fourth-order valence-corrected chi connectivity index (χ4v) is 4.12. The van der Waals surface area contributed by atoms with E-state index in [9.17, 15) is 0 Å². The zero-order valence-electron chi connectivity index (χ0n) is 11.9. The average molecular weight is 280 g/mol. The molecule has 2 bridgehead atoms. The molecule has 4 heteroatoms. The number of anilines is 1. The van der Waals surface area contributed by atoms with Crippen LogP contribution in [0, 0.1) is 31.6 Å². The van der Waals surface area contributed by atoms with Gasteiger partial charge in [0.05, 0.1) is 11.4 Å². The van der Waals surface area contributed by atoms with Gasteiger partial charge in [0.25, 0.3) is 0 Å². The summed E-state index contributed by atoms with van der Waals surface area (Å²) >= 11 is 6.20. The number of fused-ring (bicyclic) bond motifs is 2. The summed E-state index contributed by atoms with van der Waals surface area (Å²) in [6, 6.07) is 0.434. The Labute approximate surface area is 120 Å². The maximum absolute atomic E-state index is 6.20. The molecular weight excluding hydrogens is 258 g/mol. The molecule has 2 fully saturated rings. The first-order valence-corrected chi connectivity index (χ1v) is 7.69. The Hall–Kier alpha value is -0.830. The van der Waals surface area contributed by atoms with Crippen LogP contribution in [0.3, 0.4) is 0 Å². The number of aromatic nitrogens is 2. The van der Waals surface area contributed by atoms with Crippen LogP contribution in [0.1, 0.15) is 44.0 Å². The van der Waals surface area contributed by atoms with Crippen LogP contribution in [0.15, 0.2) is 0 Å². The van der Waals surface area contributed by atoms with E-state index < -0.39 is 0 Å². The molecule has 0 amide bonds. The topological polar surface area (TPSA) is 37.8 Å². The lowest BCUT2D eigenvalue weighted by molar-refractivity contribution is 0.304. The van der Waals surface area contributed by atoms with Gasteiger partial charge in [-0.05, 0) is 57.8 Å². The first-order chi connectivity index (χ1) is 9.04. The van der Waals surface area contributed by atoms with Crippen LogP contribution in [0.2, 0.25) is 5.15 Å². The summed E-state index contributed by atoms with van der Waals surface area (Å²) in [6.07, 6.45) is 5.66. The normalized spacial score (nSPS) is 30.6. The van der Waals surface area contributed by atoms with Crippen molar-refractivity contribution in [2.45, 2.75) is 52.5 Å². The lowest BCUT2D eigenvalue weighted by Gasteiger charge is -2.29. The molecule has 3 rings (SSSR count). The zero-order chi connectivity index (χ0) is 13.6. The summed E-state index contributed by atoms with van der Waals surface area (Å²) in [6.45, 7) is 6.18. The van der Waals surface area contributed by atoms with Gasteiger partial charge in [0.1, 0.15) is 0 Å². The number of aryl methyl sites for hydroxylation is 2. The highest BCUT2D eigenvalue weighted by atomic mass is 35.5. The Kier molecular flexibility index (Phi) is 3.42. The smallest absolute Gasteiger partial charge is 0.171 e. The van der Waals surface area contributed by atoms with Gasteiger partial charge in [0.15, 0.2) is 11.0 Å². The first kappa shape index (κ1) is 13.2. The molecule has 104 valence electrons. The Bertz CT molecular complexity index is 489. The molecule has 1 aromatic rings. The second kappa shape index (κ2) is 4.93. The van der Waals surface area contributed by atoms with Crippen molar-refractivity contribution < 1.29 is 0 Å². The number of hydrogen-bond acceptors (Lipinski definition) is 3. The van der Waals surface area contributed by atoms with Crippen molar-refractivity contribution >= 4 is 17.4 Å². The number of hydrogen-bond donors (Lipinski definition) is 1. The number of nitrogens with one attached hydrogen (secondary N) is 1. The lowest BCUT2D eigenvalue weighted by atomic mass is 9.84.